The van der Waals surface area contributed by atoms with Gasteiger partial charge < -0.3 is 23.9 Å². The van der Waals surface area contributed by atoms with E-state index in [0.717, 1.165) is 15.8 Å². The summed E-state index contributed by atoms with van der Waals surface area (Å²) < 4.78 is 20.8. The van der Waals surface area contributed by atoms with Crippen molar-refractivity contribution >= 4 is 45.2 Å². The molecule has 10 heteroatoms. The number of rotatable bonds is 6. The van der Waals surface area contributed by atoms with Crippen LogP contribution in [0.2, 0.25) is 0 Å². The van der Waals surface area contributed by atoms with Crippen LogP contribution in [0.5, 0.6) is 5.75 Å². The van der Waals surface area contributed by atoms with Crippen LogP contribution < -0.4 is 15.7 Å². The Balaban J connectivity index is 1.57. The highest BCUT2D eigenvalue weighted by Gasteiger charge is 2.38. The molecule has 3 aromatic rings. The minimum Gasteiger partial charge on any atom is -0.481 e. The van der Waals surface area contributed by atoms with Crippen molar-refractivity contribution in [3.63, 3.8) is 0 Å². The molecule has 178 valence electrons. The van der Waals surface area contributed by atoms with Crippen LogP contribution in [0.25, 0.3) is 11.0 Å². The van der Waals surface area contributed by atoms with Gasteiger partial charge in [0, 0.05) is 22.4 Å². The van der Waals surface area contributed by atoms with Crippen LogP contribution in [-0.2, 0) is 25.5 Å². The number of hydrogen-bond donors (Lipinski definition) is 1. The molecule has 1 amide bonds. The summed E-state index contributed by atoms with van der Waals surface area (Å²) in [5, 5.41) is 3.80. The fourth-order valence-corrected chi connectivity index (χ4v) is 5.35. The third kappa shape index (κ3) is 4.28. The van der Waals surface area contributed by atoms with Gasteiger partial charge in [-0.25, -0.2) is 9.59 Å². The lowest BCUT2D eigenvalue weighted by Crippen LogP contribution is -2.30. The van der Waals surface area contributed by atoms with E-state index in [0.29, 0.717) is 34.7 Å². The van der Waals surface area contributed by atoms with Gasteiger partial charge in [-0.1, -0.05) is 0 Å². The molecule has 4 rings (SSSR count). The molecule has 1 aromatic carbocycles. The Hall–Kier alpha value is -3.66. The molecular weight excluding hydrogens is 462 g/mol. The van der Waals surface area contributed by atoms with Gasteiger partial charge in [0.05, 0.1) is 25.7 Å². The van der Waals surface area contributed by atoms with E-state index in [1.54, 1.807) is 32.0 Å². The van der Waals surface area contributed by atoms with Crippen molar-refractivity contribution in [1.82, 2.24) is 0 Å². The molecule has 0 bridgehead atoms. The predicted molar refractivity (Wildman–Crippen MR) is 125 cm³/mol. The summed E-state index contributed by atoms with van der Waals surface area (Å²) in [7, 11) is 2.54. The lowest BCUT2D eigenvalue weighted by atomic mass is 9.99. The van der Waals surface area contributed by atoms with Crippen LogP contribution in [0, 0.1) is 6.92 Å². The van der Waals surface area contributed by atoms with Gasteiger partial charge in [-0.3, -0.25) is 9.59 Å². The number of aryl methyl sites for hydroxylation is 2. The Labute approximate surface area is 198 Å². The smallest absolute Gasteiger partial charge is 0.341 e. The quantitative estimate of drug-likeness (QED) is 0.416. The molecule has 0 saturated heterocycles. The highest BCUT2D eigenvalue weighted by molar-refractivity contribution is 7.17. The van der Waals surface area contributed by atoms with E-state index in [4.69, 9.17) is 18.6 Å². The van der Waals surface area contributed by atoms with Gasteiger partial charge in [0.25, 0.3) is 5.91 Å². The number of methoxy groups -OCH3 is 2. The van der Waals surface area contributed by atoms with Crippen molar-refractivity contribution < 1.29 is 33.0 Å². The molecule has 0 radical (unpaired) electrons. The van der Waals surface area contributed by atoms with Crippen molar-refractivity contribution in [2.24, 2.45) is 0 Å². The lowest BCUT2D eigenvalue weighted by molar-refractivity contribution is -0.142. The number of thiophene rings is 1. The van der Waals surface area contributed by atoms with E-state index in [2.05, 4.69) is 5.32 Å². The van der Waals surface area contributed by atoms with Crippen LogP contribution in [0.3, 0.4) is 0 Å². The molecule has 2 aromatic heterocycles. The molecule has 2 heterocycles. The largest absolute Gasteiger partial charge is 0.481 e. The first-order chi connectivity index (χ1) is 16.2. The zero-order chi connectivity index (χ0) is 24.6. The number of nitrogens with one attached hydrogen (secondary N) is 1. The van der Waals surface area contributed by atoms with Crippen LogP contribution in [0.15, 0.2) is 33.5 Å². The fourth-order valence-electron chi connectivity index (χ4n) is 4.09. The fraction of sp³-hybridized carbons (Fsp3) is 0.333. The number of hydrogen-bond acceptors (Lipinski definition) is 9. The van der Waals surface area contributed by atoms with Gasteiger partial charge in [0.15, 0.2) is 6.10 Å². The molecular formula is C24H23NO8S. The maximum Gasteiger partial charge on any atom is 0.341 e. The van der Waals surface area contributed by atoms with Gasteiger partial charge in [0.2, 0.25) is 0 Å². The van der Waals surface area contributed by atoms with E-state index in [1.165, 1.54) is 31.6 Å². The molecule has 0 spiro atoms. The topological polar surface area (TPSA) is 121 Å². The number of carbonyl (C=O) groups excluding carboxylic acids is 3. The van der Waals surface area contributed by atoms with Crippen molar-refractivity contribution in [3.05, 3.63) is 56.3 Å². The number of anilines is 1. The van der Waals surface area contributed by atoms with Crippen LogP contribution in [0.1, 0.15) is 45.6 Å². The zero-order valence-electron chi connectivity index (χ0n) is 19.1. The normalized spacial score (nSPS) is 15.5. The second-order valence-electron chi connectivity index (χ2n) is 7.90. The first-order valence-electron chi connectivity index (χ1n) is 10.6. The SMILES string of the molecule is COC(=O)c1c(NC(=O)[C@H](C)Oc2ccc3c(C)cc(=O)oc3c2)sc2c1[C@@H](C(=O)OC)CC2. The number of benzene rings is 1. The molecule has 9 nitrogen and oxygen atoms in total. The van der Waals surface area contributed by atoms with E-state index >= 15 is 0 Å². The van der Waals surface area contributed by atoms with Crippen LogP contribution in [-0.4, -0.2) is 38.2 Å². The average molecular weight is 486 g/mol. The first-order valence-corrected chi connectivity index (χ1v) is 11.4. The van der Waals surface area contributed by atoms with Crippen molar-refractivity contribution in [2.45, 2.75) is 38.7 Å². The monoisotopic (exact) mass is 485 g/mol. The lowest BCUT2D eigenvalue weighted by Gasteiger charge is -2.16. The van der Waals surface area contributed by atoms with Crippen LogP contribution in [0.4, 0.5) is 5.00 Å². The Kier molecular flexibility index (Phi) is 6.43. The predicted octanol–water partition coefficient (Wildman–Crippen LogP) is 3.56. The zero-order valence-corrected chi connectivity index (χ0v) is 19.9. The average Bonchev–Trinajstić information content (AvgIpc) is 3.36. The van der Waals surface area contributed by atoms with Crippen molar-refractivity contribution in [2.75, 3.05) is 19.5 Å². The summed E-state index contributed by atoms with van der Waals surface area (Å²) in [6.45, 7) is 3.36. The van der Waals surface area contributed by atoms with Crippen LogP contribution >= 0.6 is 11.3 Å². The molecule has 34 heavy (non-hydrogen) atoms. The summed E-state index contributed by atoms with van der Waals surface area (Å²) in [5.41, 5.74) is 1.37. The van der Waals surface area contributed by atoms with Gasteiger partial charge in [0.1, 0.15) is 16.3 Å². The summed E-state index contributed by atoms with van der Waals surface area (Å²) in [6.07, 6.45) is 0.184. The molecule has 1 aliphatic carbocycles. The second kappa shape index (κ2) is 9.30. The van der Waals surface area contributed by atoms with E-state index in [-0.39, 0.29) is 5.56 Å². The molecule has 0 unspecified atom stereocenters. The minimum absolute atomic E-state index is 0.166. The summed E-state index contributed by atoms with van der Waals surface area (Å²) in [6, 6.07) is 6.38. The Bertz CT molecular complexity index is 1350. The standard InChI is InChI=1S/C24H23NO8S/c1-11-9-18(26)33-16-10-13(5-6-14(11)16)32-12(2)21(27)25-22-20(24(29)31-4)19-15(23(28)30-3)7-8-17(19)34-22/h5-6,9-10,12,15H,7-8H2,1-4H3,(H,25,27)/t12-,15-/m0/s1. The Morgan fingerprint density at radius 2 is 1.94 bits per heavy atom. The van der Waals surface area contributed by atoms with E-state index < -0.39 is 35.5 Å². The Morgan fingerprint density at radius 3 is 2.65 bits per heavy atom. The highest BCUT2D eigenvalue weighted by atomic mass is 32.1. The number of ether oxygens (including phenoxy) is 3. The maximum absolute atomic E-state index is 12.9. The second-order valence-corrected chi connectivity index (χ2v) is 9.01. The van der Waals surface area contributed by atoms with E-state index in [9.17, 15) is 19.2 Å². The van der Waals surface area contributed by atoms with Gasteiger partial charge in [-0.15, -0.1) is 11.3 Å². The number of fused-ring (bicyclic) bond motifs is 2. The Morgan fingerprint density at radius 1 is 1.18 bits per heavy atom. The molecule has 0 saturated carbocycles. The maximum atomic E-state index is 12.9. The molecule has 1 N–H and O–H groups in total. The molecule has 0 fully saturated rings. The highest BCUT2D eigenvalue weighted by Crippen LogP contribution is 2.46. The summed E-state index contributed by atoms with van der Waals surface area (Å²) >= 11 is 1.24. The number of esters is 2. The molecule has 0 aliphatic heterocycles. The summed E-state index contributed by atoms with van der Waals surface area (Å²) in [4.78, 5) is 50.2. The molecule has 1 aliphatic rings. The minimum atomic E-state index is -0.937. The van der Waals surface area contributed by atoms with Gasteiger partial charge in [-0.05, 0) is 49.9 Å². The summed E-state index contributed by atoms with van der Waals surface area (Å²) in [5.74, 6) is -1.81. The van der Waals surface area contributed by atoms with Crippen molar-refractivity contribution in [3.8, 4) is 5.75 Å². The first kappa shape index (κ1) is 23.5. The third-order valence-electron chi connectivity index (χ3n) is 5.75. The molecule has 2 atom stereocenters. The van der Waals surface area contributed by atoms with Gasteiger partial charge in [-0.2, -0.15) is 0 Å². The van der Waals surface area contributed by atoms with E-state index in [1.807, 2.05) is 0 Å². The number of amides is 1. The van der Waals surface area contributed by atoms with Gasteiger partial charge >= 0.3 is 17.6 Å². The number of carbonyl (C=O) groups is 3. The third-order valence-corrected chi connectivity index (χ3v) is 6.93. The van der Waals surface area contributed by atoms with Crippen molar-refractivity contribution in [1.29, 1.82) is 0 Å².